The van der Waals surface area contributed by atoms with Crippen molar-refractivity contribution in [2.45, 2.75) is 39.2 Å². The van der Waals surface area contributed by atoms with Crippen molar-refractivity contribution in [2.24, 2.45) is 5.41 Å². The Kier molecular flexibility index (Phi) is 2.61. The Labute approximate surface area is 94.8 Å². The van der Waals surface area contributed by atoms with Crippen LogP contribution in [0.1, 0.15) is 43.5 Å². The van der Waals surface area contributed by atoms with E-state index in [0.29, 0.717) is 11.4 Å². The third-order valence-corrected chi connectivity index (χ3v) is 3.48. The summed E-state index contributed by atoms with van der Waals surface area (Å²) in [5.41, 5.74) is 6.21. The number of aromatic nitrogens is 2. The summed E-state index contributed by atoms with van der Waals surface area (Å²) in [6, 6.07) is 0.231. The molecule has 5 heteroatoms. The highest BCUT2D eigenvalue weighted by Crippen LogP contribution is 2.37. The lowest BCUT2D eigenvalue weighted by atomic mass is 9.87. The van der Waals surface area contributed by atoms with Crippen molar-refractivity contribution in [1.82, 2.24) is 15.5 Å². The third kappa shape index (κ3) is 1.89. The molecule has 1 aromatic heterocycles. The van der Waals surface area contributed by atoms with E-state index in [0.717, 1.165) is 12.8 Å². The van der Waals surface area contributed by atoms with Crippen LogP contribution in [0.3, 0.4) is 0 Å². The number of amides is 1. The number of nitrogen functional groups attached to an aromatic ring is 1. The van der Waals surface area contributed by atoms with Gasteiger partial charge < -0.3 is 11.1 Å². The highest BCUT2D eigenvalue weighted by molar-refractivity contribution is 5.98. The summed E-state index contributed by atoms with van der Waals surface area (Å²) in [4.78, 5) is 11.9. The predicted molar refractivity (Wildman–Crippen MR) is 61.9 cm³/mol. The van der Waals surface area contributed by atoms with Crippen molar-refractivity contribution in [3.05, 3.63) is 11.8 Å². The van der Waals surface area contributed by atoms with E-state index in [1.54, 1.807) is 0 Å². The number of aromatic amines is 1. The van der Waals surface area contributed by atoms with Gasteiger partial charge in [-0.3, -0.25) is 9.89 Å². The summed E-state index contributed by atoms with van der Waals surface area (Å²) in [6.07, 6.45) is 4.82. The Bertz CT molecular complexity index is 396. The van der Waals surface area contributed by atoms with Crippen LogP contribution in [0, 0.1) is 5.41 Å². The van der Waals surface area contributed by atoms with Gasteiger partial charge in [0.05, 0.1) is 6.20 Å². The summed E-state index contributed by atoms with van der Waals surface area (Å²) in [5, 5.41) is 9.34. The van der Waals surface area contributed by atoms with Crippen LogP contribution < -0.4 is 11.1 Å². The Balaban J connectivity index is 2.06. The Morgan fingerprint density at radius 3 is 2.94 bits per heavy atom. The van der Waals surface area contributed by atoms with Crippen LogP contribution in [0.5, 0.6) is 0 Å². The van der Waals surface area contributed by atoms with Crippen LogP contribution in [-0.2, 0) is 0 Å². The van der Waals surface area contributed by atoms with E-state index in [1.165, 1.54) is 12.6 Å². The first kappa shape index (κ1) is 11.0. The van der Waals surface area contributed by atoms with Crippen LogP contribution >= 0.6 is 0 Å². The first-order chi connectivity index (χ1) is 7.50. The minimum atomic E-state index is -0.133. The van der Waals surface area contributed by atoms with Crippen LogP contribution in [-0.4, -0.2) is 22.1 Å². The molecule has 1 aliphatic rings. The van der Waals surface area contributed by atoms with Gasteiger partial charge in [-0.15, -0.1) is 0 Å². The molecule has 0 aliphatic heterocycles. The number of nitrogens with two attached hydrogens (primary N) is 1. The molecule has 5 nitrogen and oxygen atoms in total. The van der Waals surface area contributed by atoms with Gasteiger partial charge in [0, 0.05) is 6.04 Å². The smallest absolute Gasteiger partial charge is 0.256 e. The average molecular weight is 222 g/mol. The molecule has 0 saturated heterocycles. The first-order valence-electron chi connectivity index (χ1n) is 5.60. The van der Waals surface area contributed by atoms with Gasteiger partial charge in [-0.05, 0) is 18.3 Å². The van der Waals surface area contributed by atoms with Gasteiger partial charge in [0.15, 0.2) is 0 Å². The van der Waals surface area contributed by atoms with Crippen molar-refractivity contribution in [2.75, 3.05) is 5.73 Å². The van der Waals surface area contributed by atoms with E-state index >= 15 is 0 Å². The van der Waals surface area contributed by atoms with E-state index in [9.17, 15) is 4.79 Å². The first-order valence-corrected chi connectivity index (χ1v) is 5.60. The maximum atomic E-state index is 11.9. The van der Waals surface area contributed by atoms with E-state index in [2.05, 4.69) is 29.4 Å². The highest BCUT2D eigenvalue weighted by atomic mass is 16.1. The molecule has 1 unspecified atom stereocenters. The molecule has 1 aliphatic carbocycles. The molecule has 1 heterocycles. The topological polar surface area (TPSA) is 83.8 Å². The fourth-order valence-corrected chi connectivity index (χ4v) is 2.31. The maximum Gasteiger partial charge on any atom is 0.256 e. The van der Waals surface area contributed by atoms with Crippen molar-refractivity contribution in [3.8, 4) is 0 Å². The lowest BCUT2D eigenvalue weighted by molar-refractivity contribution is 0.0911. The number of carbonyl (C=O) groups is 1. The largest absolute Gasteiger partial charge is 0.383 e. The molecule has 0 bridgehead atoms. The number of anilines is 1. The molecule has 1 saturated carbocycles. The maximum absolute atomic E-state index is 11.9. The predicted octanol–water partition coefficient (Wildman–Crippen LogP) is 1.30. The van der Waals surface area contributed by atoms with E-state index < -0.39 is 0 Å². The third-order valence-electron chi connectivity index (χ3n) is 3.48. The van der Waals surface area contributed by atoms with Gasteiger partial charge in [-0.1, -0.05) is 20.3 Å². The lowest BCUT2D eigenvalue weighted by Crippen LogP contribution is -2.41. The zero-order valence-corrected chi connectivity index (χ0v) is 9.71. The molecular weight excluding hydrogens is 204 g/mol. The number of nitrogens with one attached hydrogen (secondary N) is 2. The molecule has 2 rings (SSSR count). The monoisotopic (exact) mass is 222 g/mol. The van der Waals surface area contributed by atoms with Gasteiger partial charge in [0.25, 0.3) is 5.91 Å². The van der Waals surface area contributed by atoms with Crippen molar-refractivity contribution < 1.29 is 4.79 Å². The highest BCUT2D eigenvalue weighted by Gasteiger charge is 2.35. The van der Waals surface area contributed by atoms with Crippen LogP contribution in [0.15, 0.2) is 6.20 Å². The standard InChI is InChI=1S/C11H18N4O/c1-11(2)5-3-4-8(11)14-10(16)7-6-13-15-9(7)12/h6,8H,3-5H2,1-2H3,(H,14,16)(H3,12,13,15). The molecule has 1 atom stereocenters. The summed E-state index contributed by atoms with van der Waals surface area (Å²) in [7, 11) is 0. The van der Waals surface area contributed by atoms with Gasteiger partial charge in [0.2, 0.25) is 0 Å². The quantitative estimate of drug-likeness (QED) is 0.705. The fraction of sp³-hybridized carbons (Fsp3) is 0.636. The average Bonchev–Trinajstić information content (AvgIpc) is 2.74. The lowest BCUT2D eigenvalue weighted by Gasteiger charge is -2.27. The summed E-state index contributed by atoms with van der Waals surface area (Å²) in [6.45, 7) is 4.37. The Morgan fingerprint density at radius 2 is 2.44 bits per heavy atom. The number of hydrogen-bond acceptors (Lipinski definition) is 3. The molecule has 1 amide bonds. The van der Waals surface area contributed by atoms with Gasteiger partial charge in [-0.2, -0.15) is 5.10 Å². The molecule has 4 N–H and O–H groups in total. The van der Waals surface area contributed by atoms with Crippen LogP contribution in [0.25, 0.3) is 0 Å². The second-order valence-corrected chi connectivity index (χ2v) is 5.10. The molecule has 88 valence electrons. The summed E-state index contributed by atoms with van der Waals surface area (Å²) in [5.74, 6) is 0.194. The Morgan fingerprint density at radius 1 is 1.69 bits per heavy atom. The molecule has 0 spiro atoms. The van der Waals surface area contributed by atoms with Crippen molar-refractivity contribution in [3.63, 3.8) is 0 Å². The number of nitrogens with zero attached hydrogens (tertiary/aromatic N) is 1. The van der Waals surface area contributed by atoms with Crippen molar-refractivity contribution in [1.29, 1.82) is 0 Å². The van der Waals surface area contributed by atoms with Crippen LogP contribution in [0.2, 0.25) is 0 Å². The SMILES string of the molecule is CC1(C)CCCC1NC(=O)c1cn[nH]c1N. The van der Waals surface area contributed by atoms with E-state index in [-0.39, 0.29) is 17.4 Å². The zero-order chi connectivity index (χ0) is 11.8. The van der Waals surface area contributed by atoms with Gasteiger partial charge >= 0.3 is 0 Å². The van der Waals surface area contributed by atoms with Gasteiger partial charge in [0.1, 0.15) is 11.4 Å². The number of hydrogen-bond donors (Lipinski definition) is 3. The number of carbonyl (C=O) groups excluding carboxylic acids is 1. The van der Waals surface area contributed by atoms with E-state index in [4.69, 9.17) is 5.73 Å². The molecular formula is C11H18N4O. The molecule has 0 aromatic carbocycles. The molecule has 1 fully saturated rings. The summed E-state index contributed by atoms with van der Waals surface area (Å²) >= 11 is 0. The van der Waals surface area contributed by atoms with Crippen LogP contribution in [0.4, 0.5) is 5.82 Å². The second-order valence-electron chi connectivity index (χ2n) is 5.10. The molecule has 1 aromatic rings. The zero-order valence-electron chi connectivity index (χ0n) is 9.71. The molecule has 16 heavy (non-hydrogen) atoms. The minimum Gasteiger partial charge on any atom is -0.383 e. The van der Waals surface area contributed by atoms with Crippen molar-refractivity contribution >= 4 is 11.7 Å². The number of rotatable bonds is 2. The van der Waals surface area contributed by atoms with Gasteiger partial charge in [-0.25, -0.2) is 0 Å². The Hall–Kier alpha value is -1.52. The summed E-state index contributed by atoms with van der Waals surface area (Å²) < 4.78 is 0. The van der Waals surface area contributed by atoms with E-state index in [1.807, 2.05) is 0 Å². The second kappa shape index (κ2) is 3.81. The minimum absolute atomic E-state index is 0.133. The fourth-order valence-electron chi connectivity index (χ4n) is 2.31. The number of H-pyrrole nitrogens is 1. The molecule has 0 radical (unpaired) electrons. The normalized spacial score (nSPS) is 23.2.